The highest BCUT2D eigenvalue weighted by Gasteiger charge is 2.23. The Bertz CT molecular complexity index is 337. The first-order valence-electron chi connectivity index (χ1n) is 5.19. The van der Waals surface area contributed by atoms with Gasteiger partial charge in [0.2, 0.25) is 0 Å². The molecule has 0 spiro atoms. The molecule has 1 aromatic carbocycles. The maximum Gasteiger partial charge on any atom is 0.121 e. The lowest BCUT2D eigenvalue weighted by Gasteiger charge is -2.26. The number of methoxy groups -OCH3 is 1. The van der Waals surface area contributed by atoms with Crippen LogP contribution in [0.15, 0.2) is 18.2 Å². The van der Waals surface area contributed by atoms with Crippen molar-refractivity contribution in [2.24, 2.45) is 5.41 Å². The van der Waals surface area contributed by atoms with Crippen molar-refractivity contribution >= 4 is 0 Å². The summed E-state index contributed by atoms with van der Waals surface area (Å²) in [6, 6.07) is 5.80. The van der Waals surface area contributed by atoms with E-state index in [1.54, 1.807) is 7.11 Å². The molecule has 15 heavy (non-hydrogen) atoms. The van der Waals surface area contributed by atoms with Crippen molar-refractivity contribution in [3.8, 4) is 5.75 Å². The van der Waals surface area contributed by atoms with E-state index in [1.807, 2.05) is 45.9 Å². The number of rotatable bonds is 2. The van der Waals surface area contributed by atoms with E-state index in [9.17, 15) is 5.11 Å². The summed E-state index contributed by atoms with van der Waals surface area (Å²) in [5.41, 5.74) is 1.86. The van der Waals surface area contributed by atoms with Crippen LogP contribution in [0.25, 0.3) is 0 Å². The Kier molecular flexibility index (Phi) is 3.40. The van der Waals surface area contributed by atoms with Crippen LogP contribution >= 0.6 is 0 Å². The molecule has 0 radical (unpaired) electrons. The Hall–Kier alpha value is -1.02. The first-order valence-corrected chi connectivity index (χ1v) is 5.19. The molecule has 0 fully saturated rings. The van der Waals surface area contributed by atoms with Crippen LogP contribution in [0.2, 0.25) is 0 Å². The van der Waals surface area contributed by atoms with Gasteiger partial charge in [0.1, 0.15) is 5.75 Å². The highest BCUT2D eigenvalue weighted by molar-refractivity contribution is 5.37. The van der Waals surface area contributed by atoms with Crippen molar-refractivity contribution in [2.75, 3.05) is 7.11 Å². The van der Waals surface area contributed by atoms with Gasteiger partial charge in [0.15, 0.2) is 0 Å². The molecule has 0 aliphatic carbocycles. The Morgan fingerprint density at radius 2 is 1.87 bits per heavy atom. The summed E-state index contributed by atoms with van der Waals surface area (Å²) in [5, 5.41) is 10.1. The molecule has 1 aromatic rings. The average molecular weight is 208 g/mol. The predicted octanol–water partition coefficient (Wildman–Crippen LogP) is 3.08. The molecule has 1 N–H and O–H groups in total. The summed E-state index contributed by atoms with van der Waals surface area (Å²) in [4.78, 5) is 0. The smallest absolute Gasteiger partial charge is 0.121 e. The molecule has 1 unspecified atom stereocenters. The molecule has 2 heteroatoms. The van der Waals surface area contributed by atoms with E-state index in [-0.39, 0.29) is 5.41 Å². The summed E-state index contributed by atoms with van der Waals surface area (Å²) in [7, 11) is 1.65. The minimum atomic E-state index is -0.442. The predicted molar refractivity (Wildman–Crippen MR) is 62.1 cm³/mol. The van der Waals surface area contributed by atoms with E-state index >= 15 is 0 Å². The highest BCUT2D eigenvalue weighted by Crippen LogP contribution is 2.34. The molecule has 0 aliphatic rings. The first kappa shape index (κ1) is 12.1. The fraction of sp³-hybridized carbons (Fsp3) is 0.538. The van der Waals surface area contributed by atoms with Gasteiger partial charge in [-0.2, -0.15) is 0 Å². The van der Waals surface area contributed by atoms with Crippen LogP contribution in [0, 0.1) is 12.3 Å². The molecule has 1 atom stereocenters. The second kappa shape index (κ2) is 4.23. The summed E-state index contributed by atoms with van der Waals surface area (Å²) in [6.45, 7) is 8.06. The molecule has 0 aliphatic heterocycles. The number of aryl methyl sites for hydroxylation is 1. The molecule has 0 heterocycles. The third-order valence-electron chi connectivity index (χ3n) is 2.55. The van der Waals surface area contributed by atoms with E-state index < -0.39 is 6.10 Å². The summed E-state index contributed by atoms with van der Waals surface area (Å²) < 4.78 is 5.18. The van der Waals surface area contributed by atoms with E-state index in [2.05, 4.69) is 0 Å². The Morgan fingerprint density at radius 1 is 1.27 bits per heavy atom. The van der Waals surface area contributed by atoms with Crippen LogP contribution in [-0.2, 0) is 0 Å². The second-order valence-corrected chi connectivity index (χ2v) is 5.00. The van der Waals surface area contributed by atoms with Gasteiger partial charge in [0.25, 0.3) is 0 Å². The van der Waals surface area contributed by atoms with E-state index in [1.165, 1.54) is 0 Å². The van der Waals surface area contributed by atoms with Crippen LogP contribution in [0.5, 0.6) is 5.75 Å². The van der Waals surface area contributed by atoms with Gasteiger partial charge in [-0.25, -0.2) is 0 Å². The molecule has 2 nitrogen and oxygen atoms in total. The summed E-state index contributed by atoms with van der Waals surface area (Å²) in [5.74, 6) is 0.861. The standard InChI is InChI=1S/C13H20O2/c1-9-8-10(6-7-11(9)15-5)12(14)13(2,3)4/h6-8,12,14H,1-5H3. The lowest BCUT2D eigenvalue weighted by molar-refractivity contribution is 0.0626. The fourth-order valence-electron chi connectivity index (χ4n) is 1.57. The normalized spacial score (nSPS) is 13.7. The van der Waals surface area contributed by atoms with Gasteiger partial charge >= 0.3 is 0 Å². The number of aliphatic hydroxyl groups excluding tert-OH is 1. The van der Waals surface area contributed by atoms with E-state index in [0.29, 0.717) is 0 Å². The first-order chi connectivity index (χ1) is 6.86. The highest BCUT2D eigenvalue weighted by atomic mass is 16.5. The van der Waals surface area contributed by atoms with Gasteiger partial charge in [-0.1, -0.05) is 26.8 Å². The third-order valence-corrected chi connectivity index (χ3v) is 2.55. The van der Waals surface area contributed by atoms with Crippen molar-refractivity contribution in [2.45, 2.75) is 33.8 Å². The number of hydrogen-bond donors (Lipinski definition) is 1. The number of aliphatic hydroxyl groups is 1. The van der Waals surface area contributed by atoms with E-state index in [0.717, 1.165) is 16.9 Å². The van der Waals surface area contributed by atoms with Crippen LogP contribution < -0.4 is 4.74 Å². The number of benzene rings is 1. The number of hydrogen-bond acceptors (Lipinski definition) is 2. The molecule has 0 saturated heterocycles. The van der Waals surface area contributed by atoms with Gasteiger partial charge in [-0.15, -0.1) is 0 Å². The Morgan fingerprint density at radius 3 is 2.27 bits per heavy atom. The maximum atomic E-state index is 10.1. The molecule has 0 saturated carbocycles. The molecule has 0 bridgehead atoms. The van der Waals surface area contributed by atoms with Crippen molar-refractivity contribution in [3.63, 3.8) is 0 Å². The van der Waals surface area contributed by atoms with Gasteiger partial charge in [-0.3, -0.25) is 0 Å². The van der Waals surface area contributed by atoms with Gasteiger partial charge < -0.3 is 9.84 Å². The van der Waals surface area contributed by atoms with Crippen LogP contribution in [0.3, 0.4) is 0 Å². The molecule has 1 rings (SSSR count). The van der Waals surface area contributed by atoms with E-state index in [4.69, 9.17) is 4.74 Å². The fourth-order valence-corrected chi connectivity index (χ4v) is 1.57. The van der Waals surface area contributed by atoms with Crippen LogP contribution in [0.4, 0.5) is 0 Å². The lowest BCUT2D eigenvalue weighted by Crippen LogP contribution is -2.17. The maximum absolute atomic E-state index is 10.1. The summed E-state index contributed by atoms with van der Waals surface area (Å²) in [6.07, 6.45) is -0.442. The monoisotopic (exact) mass is 208 g/mol. The van der Waals surface area contributed by atoms with Crippen molar-refractivity contribution < 1.29 is 9.84 Å². The third kappa shape index (κ3) is 2.72. The van der Waals surface area contributed by atoms with Crippen LogP contribution in [-0.4, -0.2) is 12.2 Å². The molecular weight excluding hydrogens is 188 g/mol. The molecular formula is C13H20O2. The Labute approximate surface area is 91.9 Å². The molecule has 0 amide bonds. The molecule has 0 aromatic heterocycles. The van der Waals surface area contributed by atoms with Crippen molar-refractivity contribution in [1.29, 1.82) is 0 Å². The van der Waals surface area contributed by atoms with Gasteiger partial charge in [0, 0.05) is 0 Å². The SMILES string of the molecule is COc1ccc(C(O)C(C)(C)C)cc1C. The zero-order chi connectivity index (χ0) is 11.6. The second-order valence-electron chi connectivity index (χ2n) is 5.00. The topological polar surface area (TPSA) is 29.5 Å². The van der Waals surface area contributed by atoms with Gasteiger partial charge in [0.05, 0.1) is 13.2 Å². The zero-order valence-electron chi connectivity index (χ0n) is 10.2. The van der Waals surface area contributed by atoms with Crippen molar-refractivity contribution in [3.05, 3.63) is 29.3 Å². The largest absolute Gasteiger partial charge is 0.496 e. The summed E-state index contributed by atoms with van der Waals surface area (Å²) >= 11 is 0. The molecule has 84 valence electrons. The Balaban J connectivity index is 3.02. The van der Waals surface area contributed by atoms with Crippen LogP contribution in [0.1, 0.15) is 38.0 Å². The lowest BCUT2D eigenvalue weighted by atomic mass is 9.84. The van der Waals surface area contributed by atoms with Gasteiger partial charge in [-0.05, 0) is 35.6 Å². The average Bonchev–Trinajstić information content (AvgIpc) is 2.15. The minimum absolute atomic E-state index is 0.138. The van der Waals surface area contributed by atoms with Crippen molar-refractivity contribution in [1.82, 2.24) is 0 Å². The zero-order valence-corrected chi connectivity index (χ0v) is 10.2. The minimum Gasteiger partial charge on any atom is -0.496 e. The number of ether oxygens (including phenoxy) is 1. The quantitative estimate of drug-likeness (QED) is 0.809.